The Balaban J connectivity index is 0.000000145. The van der Waals surface area contributed by atoms with Gasteiger partial charge in [0.05, 0.1) is 25.1 Å². The molecular weight excluding hydrogens is 248 g/mol. The normalized spacial score (nSPS) is 8.68. The molecule has 1 N–H and O–H groups in total. The monoisotopic (exact) mass is 262 g/mol. The third-order valence-corrected chi connectivity index (χ3v) is 1.82. The lowest BCUT2D eigenvalue weighted by Crippen LogP contribution is -1.72. The van der Waals surface area contributed by atoms with Crippen LogP contribution in [0.2, 0.25) is 0 Å². The Morgan fingerprint density at radius 3 is 1.89 bits per heavy atom. The minimum Gasteiger partial charge on any atom is -0.473 e. The van der Waals surface area contributed by atoms with Gasteiger partial charge in [0.25, 0.3) is 0 Å². The molecule has 5 heteroatoms. The SMILES string of the molecule is O=Cc1ccco1.OCc1ccco1.c1ccoc1. The Morgan fingerprint density at radius 2 is 1.63 bits per heavy atom. The predicted octanol–water partition coefficient (Wildman–Crippen LogP) is 3.14. The van der Waals surface area contributed by atoms with Gasteiger partial charge in [-0.25, -0.2) is 0 Å². The van der Waals surface area contributed by atoms with Crippen molar-refractivity contribution in [2.45, 2.75) is 6.61 Å². The second-order valence-corrected chi connectivity index (χ2v) is 3.16. The Bertz CT molecular complexity index is 477. The predicted molar refractivity (Wildman–Crippen MR) is 67.4 cm³/mol. The number of rotatable bonds is 2. The number of aliphatic hydroxyl groups is 1. The first kappa shape index (κ1) is 14.5. The number of carbonyl (C=O) groups is 1. The van der Waals surface area contributed by atoms with E-state index in [1.165, 1.54) is 12.5 Å². The number of aldehydes is 1. The topological polar surface area (TPSA) is 76.7 Å². The molecule has 0 spiro atoms. The largest absolute Gasteiger partial charge is 0.473 e. The molecule has 0 unspecified atom stereocenters. The highest BCUT2D eigenvalue weighted by molar-refractivity contribution is 5.69. The van der Waals surface area contributed by atoms with E-state index in [4.69, 9.17) is 9.52 Å². The third-order valence-electron chi connectivity index (χ3n) is 1.82. The molecule has 0 aliphatic heterocycles. The van der Waals surface area contributed by atoms with Crippen molar-refractivity contribution < 1.29 is 23.2 Å². The van der Waals surface area contributed by atoms with E-state index in [9.17, 15) is 4.79 Å². The molecule has 0 fully saturated rings. The Kier molecular flexibility index (Phi) is 7.26. The van der Waals surface area contributed by atoms with Crippen molar-refractivity contribution in [1.29, 1.82) is 0 Å². The van der Waals surface area contributed by atoms with Crippen LogP contribution in [0.3, 0.4) is 0 Å². The van der Waals surface area contributed by atoms with Crippen molar-refractivity contribution >= 4 is 6.29 Å². The minimum absolute atomic E-state index is 0.00694. The van der Waals surface area contributed by atoms with Gasteiger partial charge in [0.2, 0.25) is 0 Å². The molecule has 0 bridgehead atoms. The van der Waals surface area contributed by atoms with Crippen LogP contribution in [-0.4, -0.2) is 11.4 Å². The first-order valence-corrected chi connectivity index (χ1v) is 5.46. The Hall–Kier alpha value is -2.53. The molecule has 3 heterocycles. The lowest BCUT2D eigenvalue weighted by molar-refractivity contribution is 0.110. The summed E-state index contributed by atoms with van der Waals surface area (Å²) in [7, 11) is 0. The zero-order chi connectivity index (χ0) is 13.8. The first-order valence-electron chi connectivity index (χ1n) is 5.46. The number of carbonyl (C=O) groups excluding carboxylic acids is 1. The van der Waals surface area contributed by atoms with Gasteiger partial charge in [-0.15, -0.1) is 0 Å². The maximum Gasteiger partial charge on any atom is 0.185 e. The van der Waals surface area contributed by atoms with Gasteiger partial charge in [0, 0.05) is 0 Å². The van der Waals surface area contributed by atoms with Crippen molar-refractivity contribution in [2.75, 3.05) is 0 Å². The summed E-state index contributed by atoms with van der Waals surface area (Å²) in [4.78, 5) is 9.77. The van der Waals surface area contributed by atoms with E-state index in [-0.39, 0.29) is 6.61 Å². The van der Waals surface area contributed by atoms with Gasteiger partial charge in [-0.1, -0.05) is 0 Å². The van der Waals surface area contributed by atoms with Crippen molar-refractivity contribution in [1.82, 2.24) is 0 Å². The highest BCUT2D eigenvalue weighted by Gasteiger charge is 1.86. The molecule has 100 valence electrons. The molecule has 3 aromatic heterocycles. The van der Waals surface area contributed by atoms with Crippen molar-refractivity contribution in [3.63, 3.8) is 0 Å². The van der Waals surface area contributed by atoms with Crippen LogP contribution in [-0.2, 0) is 6.61 Å². The zero-order valence-electron chi connectivity index (χ0n) is 10.1. The van der Waals surface area contributed by atoms with E-state index in [2.05, 4.69) is 8.83 Å². The molecule has 19 heavy (non-hydrogen) atoms. The summed E-state index contributed by atoms with van der Waals surface area (Å²) in [5.74, 6) is 0.986. The molecule has 0 radical (unpaired) electrons. The summed E-state index contributed by atoms with van der Waals surface area (Å²) in [5.41, 5.74) is 0. The van der Waals surface area contributed by atoms with E-state index in [0.717, 1.165) is 0 Å². The smallest absolute Gasteiger partial charge is 0.185 e. The zero-order valence-corrected chi connectivity index (χ0v) is 10.1. The second-order valence-electron chi connectivity index (χ2n) is 3.16. The van der Waals surface area contributed by atoms with E-state index in [1.54, 1.807) is 36.8 Å². The van der Waals surface area contributed by atoms with Gasteiger partial charge in [-0.05, 0) is 36.4 Å². The summed E-state index contributed by atoms with van der Waals surface area (Å²) < 4.78 is 13.9. The Morgan fingerprint density at radius 1 is 0.947 bits per heavy atom. The van der Waals surface area contributed by atoms with Crippen LogP contribution in [0.1, 0.15) is 16.3 Å². The maximum atomic E-state index is 9.77. The summed E-state index contributed by atoms with van der Waals surface area (Å²) in [6, 6.07) is 10.4. The summed E-state index contributed by atoms with van der Waals surface area (Å²) >= 11 is 0. The summed E-state index contributed by atoms with van der Waals surface area (Å²) in [5, 5.41) is 8.33. The highest BCUT2D eigenvalue weighted by atomic mass is 16.4. The minimum atomic E-state index is -0.00694. The fraction of sp³-hybridized carbons (Fsp3) is 0.0714. The van der Waals surface area contributed by atoms with Gasteiger partial charge in [-0.2, -0.15) is 0 Å². The number of furan rings is 3. The molecular formula is C14H14O5. The van der Waals surface area contributed by atoms with Crippen LogP contribution < -0.4 is 0 Å². The maximum absolute atomic E-state index is 9.77. The van der Waals surface area contributed by atoms with Gasteiger partial charge >= 0.3 is 0 Å². The van der Waals surface area contributed by atoms with E-state index in [1.807, 2.05) is 12.1 Å². The van der Waals surface area contributed by atoms with Gasteiger partial charge in [-0.3, -0.25) is 4.79 Å². The number of aliphatic hydroxyl groups excluding tert-OH is 1. The molecule has 3 rings (SSSR count). The van der Waals surface area contributed by atoms with E-state index >= 15 is 0 Å². The number of hydrogen-bond acceptors (Lipinski definition) is 5. The fourth-order valence-corrected chi connectivity index (χ4v) is 0.988. The quantitative estimate of drug-likeness (QED) is 0.718. The molecule has 0 aliphatic rings. The van der Waals surface area contributed by atoms with Gasteiger partial charge < -0.3 is 18.4 Å². The molecule has 5 nitrogen and oxygen atoms in total. The van der Waals surface area contributed by atoms with E-state index in [0.29, 0.717) is 17.8 Å². The second kappa shape index (κ2) is 9.49. The molecule has 0 saturated carbocycles. The number of hydrogen-bond donors (Lipinski definition) is 1. The van der Waals surface area contributed by atoms with Crippen molar-refractivity contribution in [3.05, 3.63) is 73.0 Å². The van der Waals surface area contributed by atoms with Crippen LogP contribution in [0.15, 0.2) is 74.7 Å². The molecule has 0 aliphatic carbocycles. The average molecular weight is 262 g/mol. The molecule has 3 aromatic rings. The van der Waals surface area contributed by atoms with Crippen molar-refractivity contribution in [3.8, 4) is 0 Å². The van der Waals surface area contributed by atoms with Crippen LogP contribution in [0, 0.1) is 0 Å². The lowest BCUT2D eigenvalue weighted by atomic mass is 10.5. The summed E-state index contributed by atoms with van der Waals surface area (Å²) in [6.45, 7) is -0.00694. The molecule has 0 aromatic carbocycles. The first-order chi connectivity index (χ1) is 9.36. The molecule has 0 saturated heterocycles. The van der Waals surface area contributed by atoms with Crippen LogP contribution in [0.25, 0.3) is 0 Å². The summed E-state index contributed by atoms with van der Waals surface area (Å²) in [6.07, 6.45) is 6.91. The van der Waals surface area contributed by atoms with Crippen LogP contribution in [0.5, 0.6) is 0 Å². The van der Waals surface area contributed by atoms with Crippen molar-refractivity contribution in [2.24, 2.45) is 0 Å². The standard InChI is InChI=1S/C5H6O2.C5H4O2.C4H4O/c2*6-4-5-2-1-3-7-5;1-2-4-5-3-1/h1-3,6H,4H2;1-4H;1-4H. The highest BCUT2D eigenvalue weighted by Crippen LogP contribution is 1.96. The third kappa shape index (κ3) is 6.70. The van der Waals surface area contributed by atoms with Crippen LogP contribution in [0.4, 0.5) is 0 Å². The fourth-order valence-electron chi connectivity index (χ4n) is 0.988. The Labute approximate surface area is 110 Å². The van der Waals surface area contributed by atoms with Gasteiger partial charge in [0.1, 0.15) is 12.4 Å². The van der Waals surface area contributed by atoms with E-state index < -0.39 is 0 Å². The average Bonchev–Trinajstić information content (AvgIpc) is 3.23. The lowest BCUT2D eigenvalue weighted by Gasteiger charge is -1.79. The van der Waals surface area contributed by atoms with Crippen LogP contribution >= 0.6 is 0 Å². The molecule has 0 atom stereocenters. The van der Waals surface area contributed by atoms with Gasteiger partial charge in [0.15, 0.2) is 12.0 Å². The molecule has 0 amide bonds.